The van der Waals surface area contributed by atoms with E-state index < -0.39 is 17.3 Å². The van der Waals surface area contributed by atoms with Gasteiger partial charge >= 0.3 is 12.1 Å². The summed E-state index contributed by atoms with van der Waals surface area (Å²) in [5.74, 6) is 0.327. The number of rotatable bonds is 7. The fourth-order valence-corrected chi connectivity index (χ4v) is 5.30. The molecule has 0 bridgehead atoms. The van der Waals surface area contributed by atoms with Crippen molar-refractivity contribution in [3.8, 4) is 27.3 Å². The molecule has 1 N–H and O–H groups in total. The fourth-order valence-electron chi connectivity index (χ4n) is 3.68. The zero-order valence-corrected chi connectivity index (χ0v) is 20.5. The van der Waals surface area contributed by atoms with E-state index in [1.54, 1.807) is 19.1 Å². The molecule has 1 unspecified atom stereocenters. The average molecular weight is 508 g/mol. The van der Waals surface area contributed by atoms with Crippen LogP contribution in [-0.2, 0) is 9.53 Å². The second-order valence-electron chi connectivity index (χ2n) is 8.29. The minimum atomic E-state index is -0.651. The van der Waals surface area contributed by atoms with Crippen LogP contribution in [0, 0.1) is 11.0 Å². The Kier molecular flexibility index (Phi) is 6.66. The summed E-state index contributed by atoms with van der Waals surface area (Å²) in [5.41, 5.74) is 3.75. The summed E-state index contributed by atoms with van der Waals surface area (Å²) < 4.78 is 25.3. The molecular formula is C27H22FNO4S2. The Morgan fingerprint density at radius 3 is 2.49 bits per heavy atom. The molecule has 1 amide bonds. The highest BCUT2D eigenvalue weighted by Crippen LogP contribution is 2.42. The number of hydrogen-bond acceptors (Lipinski definition) is 6. The van der Waals surface area contributed by atoms with Gasteiger partial charge in [-0.15, -0.1) is 11.3 Å². The summed E-state index contributed by atoms with van der Waals surface area (Å²) in [6, 6.07) is 18.0. The van der Waals surface area contributed by atoms with E-state index in [1.807, 2.05) is 53.2 Å². The molecule has 1 atom stereocenters. The maximum atomic E-state index is 14.4. The number of hydrogen-bond donors (Lipinski definition) is 1. The number of benzene rings is 2. The van der Waals surface area contributed by atoms with Crippen molar-refractivity contribution in [3.63, 3.8) is 0 Å². The van der Waals surface area contributed by atoms with E-state index in [4.69, 9.17) is 9.47 Å². The standard InChI is InChI=1S/C27H22FNO4S2/c1-16(19-12-13-34-15-19)32-27(31)29-23-14-24(28)35-25(23)22-5-3-2-4-21(22)17-8-10-20(11-9-17)33-26(30)18-6-7-18/h2-5,8-16,18H,6-7H2,1H3,(H,29,31). The smallest absolute Gasteiger partial charge is 0.412 e. The van der Waals surface area contributed by atoms with E-state index in [-0.39, 0.29) is 11.9 Å². The first-order chi connectivity index (χ1) is 17.0. The van der Waals surface area contributed by atoms with Gasteiger partial charge in [0.1, 0.15) is 11.9 Å². The average Bonchev–Trinajstić information content (AvgIpc) is 3.43. The molecule has 4 aromatic rings. The Labute approximate surface area is 210 Å². The number of nitrogens with one attached hydrogen (secondary N) is 1. The van der Waals surface area contributed by atoms with E-state index in [0.29, 0.717) is 16.3 Å². The van der Waals surface area contributed by atoms with Crippen LogP contribution < -0.4 is 10.1 Å². The van der Waals surface area contributed by atoms with E-state index in [0.717, 1.165) is 46.4 Å². The lowest BCUT2D eigenvalue weighted by Gasteiger charge is -2.14. The SMILES string of the molecule is CC(OC(=O)Nc1cc(F)sc1-c1ccccc1-c1ccc(OC(=O)C2CC2)cc1)c1ccsc1. The highest BCUT2D eigenvalue weighted by molar-refractivity contribution is 7.14. The highest BCUT2D eigenvalue weighted by atomic mass is 32.1. The van der Waals surface area contributed by atoms with Gasteiger partial charge in [0.25, 0.3) is 0 Å². The van der Waals surface area contributed by atoms with Gasteiger partial charge in [-0.2, -0.15) is 15.7 Å². The number of anilines is 1. The van der Waals surface area contributed by atoms with Crippen molar-refractivity contribution < 1.29 is 23.5 Å². The number of carbonyl (C=O) groups excluding carboxylic acids is 2. The lowest BCUT2D eigenvalue weighted by atomic mass is 9.98. The van der Waals surface area contributed by atoms with Gasteiger partial charge in [-0.3, -0.25) is 10.1 Å². The lowest BCUT2D eigenvalue weighted by molar-refractivity contribution is -0.135. The molecule has 35 heavy (non-hydrogen) atoms. The zero-order valence-electron chi connectivity index (χ0n) is 18.8. The number of thiophene rings is 2. The Bertz CT molecular complexity index is 1340. The van der Waals surface area contributed by atoms with Crippen LogP contribution in [0.2, 0.25) is 0 Å². The second-order valence-corrected chi connectivity index (χ2v) is 10.1. The monoisotopic (exact) mass is 507 g/mol. The summed E-state index contributed by atoms with van der Waals surface area (Å²) in [5, 5.41) is 6.12. The van der Waals surface area contributed by atoms with Gasteiger partial charge in [0.05, 0.1) is 16.5 Å². The number of amides is 1. The first-order valence-corrected chi connectivity index (χ1v) is 12.9. The fraction of sp³-hybridized carbons (Fsp3) is 0.185. The number of esters is 1. The molecule has 1 fully saturated rings. The Hall–Kier alpha value is -3.49. The molecule has 0 radical (unpaired) electrons. The molecular weight excluding hydrogens is 485 g/mol. The molecule has 2 aromatic carbocycles. The third-order valence-electron chi connectivity index (χ3n) is 5.70. The van der Waals surface area contributed by atoms with E-state index >= 15 is 0 Å². The first kappa shape index (κ1) is 23.3. The number of halogens is 1. The van der Waals surface area contributed by atoms with Crippen LogP contribution in [0.5, 0.6) is 5.75 Å². The van der Waals surface area contributed by atoms with Gasteiger partial charge in [0.15, 0.2) is 5.13 Å². The molecule has 2 heterocycles. The Morgan fingerprint density at radius 2 is 1.80 bits per heavy atom. The van der Waals surface area contributed by atoms with Crippen LogP contribution in [0.3, 0.4) is 0 Å². The Morgan fingerprint density at radius 1 is 1.06 bits per heavy atom. The summed E-state index contributed by atoms with van der Waals surface area (Å²) in [6.07, 6.45) is 0.701. The minimum absolute atomic E-state index is 0.0231. The summed E-state index contributed by atoms with van der Waals surface area (Å²) in [7, 11) is 0. The van der Waals surface area contributed by atoms with Crippen molar-refractivity contribution in [2.75, 3.05) is 5.32 Å². The first-order valence-electron chi connectivity index (χ1n) is 11.2. The molecule has 5 nitrogen and oxygen atoms in total. The molecule has 1 aliphatic rings. The molecule has 0 saturated heterocycles. The summed E-state index contributed by atoms with van der Waals surface area (Å²) >= 11 is 2.48. The predicted molar refractivity (Wildman–Crippen MR) is 136 cm³/mol. The van der Waals surface area contributed by atoms with Gasteiger partial charge in [-0.25, -0.2) is 4.79 Å². The molecule has 5 rings (SSSR count). The Balaban J connectivity index is 1.37. The van der Waals surface area contributed by atoms with Crippen molar-refractivity contribution >= 4 is 40.4 Å². The quantitative estimate of drug-likeness (QED) is 0.204. The van der Waals surface area contributed by atoms with E-state index in [2.05, 4.69) is 5.32 Å². The largest absolute Gasteiger partial charge is 0.441 e. The topological polar surface area (TPSA) is 64.6 Å². The van der Waals surface area contributed by atoms with Gasteiger partial charge in [0.2, 0.25) is 0 Å². The molecule has 1 saturated carbocycles. The third kappa shape index (κ3) is 5.44. The van der Waals surface area contributed by atoms with Crippen LogP contribution in [0.4, 0.5) is 14.9 Å². The molecule has 0 spiro atoms. The molecule has 178 valence electrons. The van der Waals surface area contributed by atoms with Gasteiger partial charge in [0, 0.05) is 17.2 Å². The normalized spacial score (nSPS) is 13.8. The number of ether oxygens (including phenoxy) is 2. The van der Waals surface area contributed by atoms with Crippen LogP contribution in [0.1, 0.15) is 31.4 Å². The van der Waals surface area contributed by atoms with Gasteiger partial charge in [-0.05, 0) is 59.9 Å². The number of carbonyl (C=O) groups is 2. The zero-order chi connectivity index (χ0) is 24.4. The predicted octanol–water partition coefficient (Wildman–Crippen LogP) is 7.91. The third-order valence-corrected chi connectivity index (χ3v) is 7.36. The van der Waals surface area contributed by atoms with Crippen LogP contribution in [0.25, 0.3) is 21.6 Å². The van der Waals surface area contributed by atoms with Crippen LogP contribution in [-0.4, -0.2) is 12.1 Å². The van der Waals surface area contributed by atoms with Gasteiger partial charge in [-0.1, -0.05) is 36.4 Å². The van der Waals surface area contributed by atoms with Crippen molar-refractivity contribution in [2.45, 2.75) is 25.9 Å². The van der Waals surface area contributed by atoms with Crippen molar-refractivity contribution in [1.29, 1.82) is 0 Å². The van der Waals surface area contributed by atoms with Crippen molar-refractivity contribution in [1.82, 2.24) is 0 Å². The molecule has 0 aliphatic heterocycles. The summed E-state index contributed by atoms with van der Waals surface area (Å²) in [4.78, 5) is 25.1. The maximum Gasteiger partial charge on any atom is 0.412 e. The van der Waals surface area contributed by atoms with Crippen molar-refractivity contribution in [2.24, 2.45) is 5.92 Å². The summed E-state index contributed by atoms with van der Waals surface area (Å²) in [6.45, 7) is 1.79. The lowest BCUT2D eigenvalue weighted by Crippen LogP contribution is -2.15. The van der Waals surface area contributed by atoms with Crippen molar-refractivity contribution in [3.05, 3.63) is 82.1 Å². The minimum Gasteiger partial charge on any atom is -0.441 e. The molecule has 2 aromatic heterocycles. The van der Waals surface area contributed by atoms with Gasteiger partial charge < -0.3 is 9.47 Å². The highest BCUT2D eigenvalue weighted by Gasteiger charge is 2.31. The van der Waals surface area contributed by atoms with E-state index in [1.165, 1.54) is 17.4 Å². The second kappa shape index (κ2) is 10.0. The maximum absolute atomic E-state index is 14.4. The molecule has 1 aliphatic carbocycles. The van der Waals surface area contributed by atoms with Crippen LogP contribution in [0.15, 0.2) is 71.4 Å². The van der Waals surface area contributed by atoms with Crippen LogP contribution >= 0.6 is 22.7 Å². The van der Waals surface area contributed by atoms with E-state index in [9.17, 15) is 14.0 Å². The molecule has 8 heteroatoms.